The van der Waals surface area contributed by atoms with Gasteiger partial charge < -0.3 is 10.4 Å². The maximum Gasteiger partial charge on any atom is 0.303 e. The molecule has 0 heterocycles. The highest BCUT2D eigenvalue weighted by Crippen LogP contribution is 2.21. The van der Waals surface area contributed by atoms with Crippen molar-refractivity contribution in [3.8, 4) is 0 Å². The molecule has 1 amide bonds. The van der Waals surface area contributed by atoms with Crippen LogP contribution in [0.3, 0.4) is 0 Å². The quantitative estimate of drug-likeness (QED) is 0.699. The van der Waals surface area contributed by atoms with Gasteiger partial charge in [0.15, 0.2) is 0 Å². The van der Waals surface area contributed by atoms with Crippen molar-refractivity contribution in [1.82, 2.24) is 5.32 Å². The number of nitrogens with one attached hydrogen (secondary N) is 1. The molecule has 1 atom stereocenters. The molecule has 0 saturated carbocycles. The number of halogens is 1. The zero-order valence-electron chi connectivity index (χ0n) is 11.3. The molecule has 0 fully saturated rings. The molecule has 0 spiro atoms. The summed E-state index contributed by atoms with van der Waals surface area (Å²) in [5.41, 5.74) is 0. The molecule has 0 aliphatic rings. The molecule has 0 aromatic heterocycles. The summed E-state index contributed by atoms with van der Waals surface area (Å²) in [5, 5.41) is 11.4. The molecule has 0 saturated heterocycles. The average Bonchev–Trinajstić information content (AvgIpc) is 2.38. The van der Waals surface area contributed by atoms with Gasteiger partial charge >= 0.3 is 5.97 Å². The second-order valence-corrected chi connectivity index (χ2v) is 6.64. The van der Waals surface area contributed by atoms with E-state index in [0.717, 1.165) is 9.37 Å². The maximum absolute atomic E-state index is 11.6. The van der Waals surface area contributed by atoms with Crippen molar-refractivity contribution in [2.45, 2.75) is 24.7 Å². The van der Waals surface area contributed by atoms with Gasteiger partial charge in [-0.1, -0.05) is 22.9 Å². The first-order chi connectivity index (χ1) is 9.47. The highest BCUT2D eigenvalue weighted by atomic mass is 79.9. The number of thioether (sulfide) groups is 1. The van der Waals surface area contributed by atoms with Crippen molar-refractivity contribution < 1.29 is 14.7 Å². The van der Waals surface area contributed by atoms with Crippen molar-refractivity contribution in [2.24, 2.45) is 5.92 Å². The molecule has 1 aromatic carbocycles. The molecule has 1 aromatic rings. The second-order valence-electron chi connectivity index (χ2n) is 4.56. The van der Waals surface area contributed by atoms with Gasteiger partial charge in [0.1, 0.15) is 0 Å². The van der Waals surface area contributed by atoms with Gasteiger partial charge in [0.2, 0.25) is 5.91 Å². The molecule has 20 heavy (non-hydrogen) atoms. The van der Waals surface area contributed by atoms with Crippen LogP contribution in [0.15, 0.2) is 33.6 Å². The van der Waals surface area contributed by atoms with Crippen LogP contribution in [0.2, 0.25) is 0 Å². The van der Waals surface area contributed by atoms with Crippen molar-refractivity contribution in [3.63, 3.8) is 0 Å². The molecule has 0 aliphatic carbocycles. The second kappa shape index (κ2) is 9.02. The molecule has 0 bridgehead atoms. The van der Waals surface area contributed by atoms with Gasteiger partial charge in [-0.05, 0) is 30.2 Å². The summed E-state index contributed by atoms with van der Waals surface area (Å²) in [4.78, 5) is 23.2. The Bertz CT molecular complexity index is 450. The van der Waals surface area contributed by atoms with Crippen LogP contribution in [0.1, 0.15) is 19.8 Å². The van der Waals surface area contributed by atoms with E-state index in [1.54, 1.807) is 11.8 Å². The fraction of sp³-hybridized carbons (Fsp3) is 0.429. The van der Waals surface area contributed by atoms with E-state index in [4.69, 9.17) is 5.11 Å². The van der Waals surface area contributed by atoms with Gasteiger partial charge in [0.05, 0.1) is 0 Å². The van der Waals surface area contributed by atoms with Crippen LogP contribution in [0.4, 0.5) is 0 Å². The zero-order valence-corrected chi connectivity index (χ0v) is 13.7. The number of aliphatic carboxylic acids is 1. The fourth-order valence-electron chi connectivity index (χ4n) is 1.54. The molecule has 1 unspecified atom stereocenters. The number of benzene rings is 1. The van der Waals surface area contributed by atoms with Crippen LogP contribution in [0.5, 0.6) is 0 Å². The van der Waals surface area contributed by atoms with Crippen LogP contribution in [-0.2, 0) is 9.59 Å². The van der Waals surface area contributed by atoms with Gasteiger partial charge in [-0.25, -0.2) is 0 Å². The number of carboxylic acid groups (broad SMARTS) is 1. The molecule has 1 rings (SSSR count). The lowest BCUT2D eigenvalue weighted by Crippen LogP contribution is -2.29. The zero-order chi connectivity index (χ0) is 15.0. The summed E-state index contributed by atoms with van der Waals surface area (Å²) in [6.07, 6.45) is 0.508. The number of carbonyl (C=O) groups is 2. The van der Waals surface area contributed by atoms with E-state index in [0.29, 0.717) is 18.7 Å². The number of hydrogen-bond donors (Lipinski definition) is 2. The SMILES string of the molecule is CC(CNC(=O)CCSc1ccc(Br)cc1)CC(=O)O. The third kappa shape index (κ3) is 7.55. The van der Waals surface area contributed by atoms with Crippen LogP contribution >= 0.6 is 27.7 Å². The first-order valence-electron chi connectivity index (χ1n) is 6.34. The summed E-state index contributed by atoms with van der Waals surface area (Å²) in [6, 6.07) is 7.94. The predicted molar refractivity (Wildman–Crippen MR) is 83.9 cm³/mol. The lowest BCUT2D eigenvalue weighted by atomic mass is 10.1. The van der Waals surface area contributed by atoms with E-state index in [1.807, 2.05) is 31.2 Å². The van der Waals surface area contributed by atoms with Gasteiger partial charge in [-0.2, -0.15) is 0 Å². The van der Waals surface area contributed by atoms with Gasteiger partial charge in [0, 0.05) is 34.5 Å². The summed E-state index contributed by atoms with van der Waals surface area (Å²) >= 11 is 5.00. The third-order valence-electron chi connectivity index (χ3n) is 2.58. The number of carbonyl (C=O) groups excluding carboxylic acids is 1. The number of hydrogen-bond acceptors (Lipinski definition) is 3. The first kappa shape index (κ1) is 17.0. The Labute approximate surface area is 131 Å². The molecule has 2 N–H and O–H groups in total. The highest BCUT2D eigenvalue weighted by molar-refractivity contribution is 9.10. The summed E-state index contributed by atoms with van der Waals surface area (Å²) in [6.45, 7) is 2.22. The Hall–Kier alpha value is -1.01. The summed E-state index contributed by atoms with van der Waals surface area (Å²) in [5.74, 6) is -0.208. The third-order valence-corrected chi connectivity index (χ3v) is 4.12. The van der Waals surface area contributed by atoms with Gasteiger partial charge in [-0.15, -0.1) is 11.8 Å². The van der Waals surface area contributed by atoms with Crippen LogP contribution < -0.4 is 5.32 Å². The Morgan fingerprint density at radius 2 is 2.00 bits per heavy atom. The van der Waals surface area contributed by atoms with Crippen LogP contribution in [0, 0.1) is 5.92 Å². The summed E-state index contributed by atoms with van der Waals surface area (Å²) < 4.78 is 1.03. The van der Waals surface area contributed by atoms with E-state index in [2.05, 4.69) is 21.2 Å². The molecule has 6 heteroatoms. The Balaban J connectivity index is 2.17. The minimum absolute atomic E-state index is 0.0353. The van der Waals surface area contributed by atoms with E-state index in [-0.39, 0.29) is 18.2 Å². The van der Waals surface area contributed by atoms with E-state index >= 15 is 0 Å². The minimum atomic E-state index is -0.836. The largest absolute Gasteiger partial charge is 0.481 e. The maximum atomic E-state index is 11.6. The fourth-order valence-corrected chi connectivity index (χ4v) is 2.66. The molecule has 110 valence electrons. The lowest BCUT2D eigenvalue weighted by molar-refractivity contribution is -0.138. The Morgan fingerprint density at radius 1 is 1.35 bits per heavy atom. The van der Waals surface area contributed by atoms with Crippen LogP contribution in [0.25, 0.3) is 0 Å². The van der Waals surface area contributed by atoms with E-state index in [9.17, 15) is 9.59 Å². The molecule has 4 nitrogen and oxygen atoms in total. The van der Waals surface area contributed by atoms with Crippen molar-refractivity contribution in [1.29, 1.82) is 0 Å². The Morgan fingerprint density at radius 3 is 2.60 bits per heavy atom. The number of carboxylic acids is 1. The van der Waals surface area contributed by atoms with E-state index in [1.165, 1.54) is 0 Å². The minimum Gasteiger partial charge on any atom is -0.481 e. The average molecular weight is 360 g/mol. The van der Waals surface area contributed by atoms with Gasteiger partial charge in [-0.3, -0.25) is 9.59 Å². The van der Waals surface area contributed by atoms with Crippen molar-refractivity contribution in [2.75, 3.05) is 12.3 Å². The lowest BCUT2D eigenvalue weighted by Gasteiger charge is -2.10. The van der Waals surface area contributed by atoms with Crippen LogP contribution in [-0.4, -0.2) is 29.3 Å². The normalized spacial score (nSPS) is 11.9. The van der Waals surface area contributed by atoms with Gasteiger partial charge in [0.25, 0.3) is 0 Å². The number of amides is 1. The predicted octanol–water partition coefficient (Wildman–Crippen LogP) is 3.16. The molecular weight excluding hydrogens is 342 g/mol. The summed E-state index contributed by atoms with van der Waals surface area (Å²) in [7, 11) is 0. The Kier molecular flexibility index (Phi) is 7.69. The highest BCUT2D eigenvalue weighted by Gasteiger charge is 2.09. The molecular formula is C14H18BrNO3S. The topological polar surface area (TPSA) is 66.4 Å². The standard InChI is InChI=1S/C14H18BrNO3S/c1-10(8-14(18)19)9-16-13(17)6-7-20-12-4-2-11(15)3-5-12/h2-5,10H,6-9H2,1H3,(H,16,17)(H,18,19). The first-order valence-corrected chi connectivity index (χ1v) is 8.12. The van der Waals surface area contributed by atoms with Crippen molar-refractivity contribution in [3.05, 3.63) is 28.7 Å². The van der Waals surface area contributed by atoms with E-state index < -0.39 is 5.97 Å². The smallest absolute Gasteiger partial charge is 0.303 e. The number of rotatable bonds is 8. The molecule has 0 radical (unpaired) electrons. The molecule has 0 aliphatic heterocycles. The monoisotopic (exact) mass is 359 g/mol. The van der Waals surface area contributed by atoms with Crippen molar-refractivity contribution >= 4 is 39.6 Å².